The quantitative estimate of drug-likeness (QED) is 0.839. The van der Waals surface area contributed by atoms with Crippen LogP contribution in [0, 0.1) is 0 Å². The molecular formula is C16H22N2O4. The van der Waals surface area contributed by atoms with Gasteiger partial charge >= 0.3 is 0 Å². The van der Waals surface area contributed by atoms with E-state index in [0.29, 0.717) is 32.7 Å². The summed E-state index contributed by atoms with van der Waals surface area (Å²) in [5.41, 5.74) is 0.727. The Morgan fingerprint density at radius 3 is 2.68 bits per heavy atom. The Balaban J connectivity index is 1.78. The number of ether oxygens (including phenoxy) is 1. The van der Waals surface area contributed by atoms with Crippen molar-refractivity contribution in [2.24, 2.45) is 0 Å². The number of rotatable bonds is 5. The molecular weight excluding hydrogens is 284 g/mol. The van der Waals surface area contributed by atoms with Gasteiger partial charge in [0.05, 0.1) is 13.2 Å². The number of para-hydroxylation sites is 1. The zero-order chi connectivity index (χ0) is 15.9. The van der Waals surface area contributed by atoms with Crippen LogP contribution in [0.4, 0.5) is 0 Å². The van der Waals surface area contributed by atoms with Gasteiger partial charge in [-0.2, -0.15) is 0 Å². The first kappa shape index (κ1) is 16.3. The van der Waals surface area contributed by atoms with Crippen molar-refractivity contribution < 1.29 is 19.4 Å². The maximum atomic E-state index is 12.2. The van der Waals surface area contributed by atoms with Crippen LogP contribution in [-0.2, 0) is 20.7 Å². The first-order valence-corrected chi connectivity index (χ1v) is 7.50. The molecule has 1 aromatic rings. The van der Waals surface area contributed by atoms with Crippen molar-refractivity contribution >= 4 is 11.8 Å². The van der Waals surface area contributed by atoms with Crippen molar-refractivity contribution in [3.63, 3.8) is 0 Å². The van der Waals surface area contributed by atoms with E-state index in [1.807, 2.05) is 6.07 Å². The largest absolute Gasteiger partial charge is 0.508 e. The average molecular weight is 306 g/mol. The van der Waals surface area contributed by atoms with Crippen molar-refractivity contribution in [1.82, 2.24) is 10.2 Å². The molecule has 1 aromatic carbocycles. The predicted octanol–water partition coefficient (Wildman–Crippen LogP) is 0.688. The molecule has 1 heterocycles. The summed E-state index contributed by atoms with van der Waals surface area (Å²) in [6.07, 6.45) is 0.676. The highest BCUT2D eigenvalue weighted by atomic mass is 16.5. The summed E-state index contributed by atoms with van der Waals surface area (Å²) in [6.45, 7) is 3.91. The summed E-state index contributed by atoms with van der Waals surface area (Å²) in [5, 5.41) is 12.4. The highest BCUT2D eigenvalue weighted by Gasteiger charge is 2.23. The van der Waals surface area contributed by atoms with E-state index in [9.17, 15) is 14.7 Å². The summed E-state index contributed by atoms with van der Waals surface area (Å²) in [6, 6.07) is 6.39. The molecule has 0 unspecified atom stereocenters. The van der Waals surface area contributed by atoms with Gasteiger partial charge in [0.15, 0.2) is 0 Å². The number of phenols is 1. The molecule has 2 N–H and O–H groups in total. The highest BCUT2D eigenvalue weighted by Crippen LogP contribution is 2.17. The molecule has 1 aliphatic heterocycles. The van der Waals surface area contributed by atoms with E-state index in [0.717, 1.165) is 5.56 Å². The molecule has 1 atom stereocenters. The monoisotopic (exact) mass is 306 g/mol. The molecule has 0 bridgehead atoms. The van der Waals surface area contributed by atoms with E-state index in [-0.39, 0.29) is 24.0 Å². The van der Waals surface area contributed by atoms with Gasteiger partial charge in [-0.15, -0.1) is 0 Å². The van der Waals surface area contributed by atoms with Crippen molar-refractivity contribution in [2.75, 3.05) is 26.3 Å². The maximum Gasteiger partial charge on any atom is 0.245 e. The number of aryl methyl sites for hydroxylation is 1. The molecule has 120 valence electrons. The zero-order valence-corrected chi connectivity index (χ0v) is 12.7. The van der Waals surface area contributed by atoms with Gasteiger partial charge < -0.3 is 20.1 Å². The van der Waals surface area contributed by atoms with E-state index in [2.05, 4.69) is 5.32 Å². The number of benzene rings is 1. The molecule has 22 heavy (non-hydrogen) atoms. The van der Waals surface area contributed by atoms with E-state index in [1.165, 1.54) is 0 Å². The summed E-state index contributed by atoms with van der Waals surface area (Å²) in [4.78, 5) is 25.8. The molecule has 0 saturated carbocycles. The van der Waals surface area contributed by atoms with Crippen molar-refractivity contribution in [3.8, 4) is 5.75 Å². The van der Waals surface area contributed by atoms with Crippen LogP contribution in [0.3, 0.4) is 0 Å². The Bertz CT molecular complexity index is 527. The molecule has 0 aliphatic carbocycles. The van der Waals surface area contributed by atoms with Crippen molar-refractivity contribution in [3.05, 3.63) is 29.8 Å². The van der Waals surface area contributed by atoms with Crippen molar-refractivity contribution in [1.29, 1.82) is 0 Å². The first-order valence-electron chi connectivity index (χ1n) is 7.50. The minimum absolute atomic E-state index is 0.0841. The van der Waals surface area contributed by atoms with Crippen LogP contribution in [-0.4, -0.2) is 54.2 Å². The standard InChI is InChI=1S/C16H22N2O4/c1-12(16(21)18-8-10-22-11-9-18)17-15(20)7-6-13-4-2-3-5-14(13)19/h2-5,12,19H,6-11H2,1H3,(H,17,20)/t12-/m0/s1. The number of nitrogens with zero attached hydrogens (tertiary/aromatic N) is 1. The van der Waals surface area contributed by atoms with Gasteiger partial charge in [-0.25, -0.2) is 0 Å². The number of hydrogen-bond acceptors (Lipinski definition) is 4. The second-order valence-electron chi connectivity index (χ2n) is 5.36. The Kier molecular flexibility index (Phi) is 5.77. The van der Waals surface area contributed by atoms with Gasteiger partial charge in [0.25, 0.3) is 0 Å². The lowest BCUT2D eigenvalue weighted by Crippen LogP contribution is -2.50. The summed E-state index contributed by atoms with van der Waals surface area (Å²) >= 11 is 0. The van der Waals surface area contributed by atoms with Gasteiger partial charge in [0.1, 0.15) is 11.8 Å². The fourth-order valence-corrected chi connectivity index (χ4v) is 2.40. The number of aromatic hydroxyl groups is 1. The number of phenolic OH excluding ortho intramolecular Hbond substituents is 1. The fourth-order valence-electron chi connectivity index (χ4n) is 2.40. The van der Waals surface area contributed by atoms with Crippen LogP contribution < -0.4 is 5.32 Å². The number of morpholine rings is 1. The predicted molar refractivity (Wildman–Crippen MR) is 81.4 cm³/mol. The van der Waals surface area contributed by atoms with E-state index < -0.39 is 6.04 Å². The van der Waals surface area contributed by atoms with Crippen LogP contribution >= 0.6 is 0 Å². The summed E-state index contributed by atoms with van der Waals surface area (Å²) < 4.78 is 5.20. The minimum atomic E-state index is -0.546. The van der Waals surface area contributed by atoms with Crippen LogP contribution in [0.1, 0.15) is 18.9 Å². The highest BCUT2D eigenvalue weighted by molar-refractivity contribution is 5.87. The Labute approximate surface area is 130 Å². The number of nitrogens with one attached hydrogen (secondary N) is 1. The minimum Gasteiger partial charge on any atom is -0.508 e. The van der Waals surface area contributed by atoms with Crippen LogP contribution in [0.15, 0.2) is 24.3 Å². The third-order valence-corrected chi connectivity index (χ3v) is 3.68. The van der Waals surface area contributed by atoms with Crippen LogP contribution in [0.2, 0.25) is 0 Å². The average Bonchev–Trinajstić information content (AvgIpc) is 2.54. The van der Waals surface area contributed by atoms with Gasteiger partial charge in [-0.05, 0) is 25.0 Å². The van der Waals surface area contributed by atoms with Crippen LogP contribution in [0.25, 0.3) is 0 Å². The van der Waals surface area contributed by atoms with E-state index in [4.69, 9.17) is 4.74 Å². The molecule has 0 aromatic heterocycles. The smallest absolute Gasteiger partial charge is 0.245 e. The molecule has 6 nitrogen and oxygen atoms in total. The van der Waals surface area contributed by atoms with Gasteiger partial charge in [0.2, 0.25) is 11.8 Å². The molecule has 1 aliphatic rings. The van der Waals surface area contributed by atoms with Gasteiger partial charge in [0, 0.05) is 19.5 Å². The van der Waals surface area contributed by atoms with Crippen molar-refractivity contribution in [2.45, 2.75) is 25.8 Å². The molecule has 1 saturated heterocycles. The third kappa shape index (κ3) is 4.46. The van der Waals surface area contributed by atoms with Gasteiger partial charge in [-0.3, -0.25) is 9.59 Å². The zero-order valence-electron chi connectivity index (χ0n) is 12.7. The Morgan fingerprint density at radius 1 is 1.32 bits per heavy atom. The molecule has 6 heteroatoms. The lowest BCUT2D eigenvalue weighted by molar-refractivity contribution is -0.139. The third-order valence-electron chi connectivity index (χ3n) is 3.68. The number of carbonyl (C=O) groups is 2. The Hall–Kier alpha value is -2.08. The summed E-state index contributed by atoms with van der Waals surface area (Å²) in [5.74, 6) is -0.0932. The maximum absolute atomic E-state index is 12.2. The molecule has 2 rings (SSSR count). The number of carbonyl (C=O) groups excluding carboxylic acids is 2. The molecule has 0 radical (unpaired) electrons. The lowest BCUT2D eigenvalue weighted by atomic mass is 10.1. The molecule has 2 amide bonds. The summed E-state index contributed by atoms with van der Waals surface area (Å²) in [7, 11) is 0. The van der Waals surface area contributed by atoms with Crippen LogP contribution in [0.5, 0.6) is 5.75 Å². The van der Waals surface area contributed by atoms with E-state index >= 15 is 0 Å². The molecule has 0 spiro atoms. The second-order valence-corrected chi connectivity index (χ2v) is 5.36. The normalized spacial score (nSPS) is 16.1. The number of hydrogen-bond donors (Lipinski definition) is 2. The first-order chi connectivity index (χ1) is 10.6. The fraction of sp³-hybridized carbons (Fsp3) is 0.500. The Morgan fingerprint density at radius 2 is 2.00 bits per heavy atom. The lowest BCUT2D eigenvalue weighted by Gasteiger charge is -2.29. The van der Waals surface area contributed by atoms with E-state index in [1.54, 1.807) is 30.0 Å². The SMILES string of the molecule is C[C@H](NC(=O)CCc1ccccc1O)C(=O)N1CCOCC1. The van der Waals surface area contributed by atoms with Gasteiger partial charge in [-0.1, -0.05) is 18.2 Å². The topological polar surface area (TPSA) is 78.9 Å². The number of amides is 2. The molecule has 1 fully saturated rings. The second kappa shape index (κ2) is 7.79.